The number of hydrogen-bond acceptors (Lipinski definition) is 3. The minimum absolute atomic E-state index is 0.325. The third-order valence-electron chi connectivity index (χ3n) is 5.33. The number of alkyl halides is 2. The van der Waals surface area contributed by atoms with Crippen LogP contribution in [-0.2, 0) is 6.42 Å². The Morgan fingerprint density at radius 1 is 1.09 bits per heavy atom. The van der Waals surface area contributed by atoms with Crippen molar-refractivity contribution < 1.29 is 8.78 Å². The van der Waals surface area contributed by atoms with Crippen molar-refractivity contribution in [3.63, 3.8) is 0 Å². The summed E-state index contributed by atoms with van der Waals surface area (Å²) < 4.78 is 26.7. The van der Waals surface area contributed by atoms with E-state index in [2.05, 4.69) is 71.1 Å². The fourth-order valence-electron chi connectivity index (χ4n) is 3.45. The number of H-pyrrole nitrogens is 1. The zero-order chi connectivity index (χ0) is 22.7. The average molecular weight is 434 g/mol. The van der Waals surface area contributed by atoms with Gasteiger partial charge in [-0.25, -0.2) is 13.5 Å². The zero-order valence-corrected chi connectivity index (χ0v) is 17.8. The minimum atomic E-state index is -2.46. The number of aryl methyl sites for hydroxylation is 1. The average Bonchev–Trinajstić information content (AvgIpc) is 3.45. The summed E-state index contributed by atoms with van der Waals surface area (Å²) in [7, 11) is 0. The molecule has 0 saturated carbocycles. The monoisotopic (exact) mass is 433 g/mol. The van der Waals surface area contributed by atoms with Crippen LogP contribution in [0.5, 0.6) is 0 Å². The molecule has 7 heteroatoms. The van der Waals surface area contributed by atoms with Crippen LogP contribution in [0.25, 0.3) is 27.7 Å². The predicted molar refractivity (Wildman–Crippen MR) is 126 cm³/mol. The number of anilines is 1. The Balaban J connectivity index is 1.55. The Morgan fingerprint density at radius 2 is 1.88 bits per heavy atom. The summed E-state index contributed by atoms with van der Waals surface area (Å²) in [6, 6.07) is 14.4. The molecule has 0 saturated heterocycles. The lowest BCUT2D eigenvalue weighted by Gasteiger charge is -2.13. The molecule has 4 rings (SSSR count). The van der Waals surface area contributed by atoms with Gasteiger partial charge >= 0.3 is 0 Å². The summed E-state index contributed by atoms with van der Waals surface area (Å²) in [5, 5.41) is 11.2. The Bertz CT molecular complexity index is 1250. The van der Waals surface area contributed by atoms with Crippen molar-refractivity contribution in [2.75, 3.05) is 11.9 Å². The molecule has 2 aromatic carbocycles. The highest BCUT2D eigenvalue weighted by atomic mass is 19.3. The van der Waals surface area contributed by atoms with Crippen molar-refractivity contribution in [1.82, 2.24) is 20.1 Å². The van der Waals surface area contributed by atoms with Crippen molar-refractivity contribution in [3.05, 3.63) is 91.2 Å². The largest absolute Gasteiger partial charge is 0.378 e. The second kappa shape index (κ2) is 9.09. The summed E-state index contributed by atoms with van der Waals surface area (Å²) in [5.74, 6) is 0. The number of aromatic amines is 1. The van der Waals surface area contributed by atoms with Crippen LogP contribution in [0.1, 0.15) is 12.5 Å². The number of nitrogens with zero attached hydrogens (tertiary/aromatic N) is 2. The van der Waals surface area contributed by atoms with E-state index in [-0.39, 0.29) is 0 Å². The molecule has 0 radical (unpaired) electrons. The molecule has 0 fully saturated rings. The Hall–Kier alpha value is -3.87. The lowest BCUT2D eigenvalue weighted by atomic mass is 10.1. The molecular formula is C25H25F2N5. The molecule has 0 bridgehead atoms. The summed E-state index contributed by atoms with van der Waals surface area (Å²) in [6.45, 7) is 9.33. The van der Waals surface area contributed by atoms with Gasteiger partial charge in [0.2, 0.25) is 0 Å². The molecule has 0 unspecified atom stereocenters. The van der Waals surface area contributed by atoms with Crippen molar-refractivity contribution >= 4 is 16.6 Å². The van der Waals surface area contributed by atoms with Crippen molar-refractivity contribution in [2.45, 2.75) is 19.8 Å². The Labute approximate surface area is 185 Å². The van der Waals surface area contributed by atoms with Gasteiger partial charge in [-0.3, -0.25) is 0 Å². The van der Waals surface area contributed by atoms with Crippen LogP contribution >= 0.6 is 0 Å². The molecule has 164 valence electrons. The van der Waals surface area contributed by atoms with Crippen molar-refractivity contribution in [1.29, 1.82) is 0 Å². The van der Waals surface area contributed by atoms with Gasteiger partial charge in [0.05, 0.1) is 35.5 Å². The molecular weight excluding hydrogens is 408 g/mol. The lowest BCUT2D eigenvalue weighted by Crippen LogP contribution is -2.22. The van der Waals surface area contributed by atoms with E-state index in [0.29, 0.717) is 11.4 Å². The van der Waals surface area contributed by atoms with Gasteiger partial charge in [0.15, 0.2) is 0 Å². The summed E-state index contributed by atoms with van der Waals surface area (Å²) in [4.78, 5) is 3.21. The number of fused-ring (bicyclic) bond motifs is 1. The molecule has 2 heterocycles. The third kappa shape index (κ3) is 4.56. The van der Waals surface area contributed by atoms with Gasteiger partial charge < -0.3 is 15.6 Å². The summed E-state index contributed by atoms with van der Waals surface area (Å²) in [6.07, 6.45) is 4.19. The molecule has 0 aliphatic carbocycles. The van der Waals surface area contributed by atoms with Crippen LogP contribution in [0.2, 0.25) is 0 Å². The first-order chi connectivity index (χ1) is 15.4. The molecule has 0 atom stereocenters. The van der Waals surface area contributed by atoms with E-state index in [1.54, 1.807) is 0 Å². The third-order valence-corrected chi connectivity index (χ3v) is 5.33. The second-order valence-electron chi connectivity index (χ2n) is 7.51. The maximum atomic E-state index is 12.4. The fourth-order valence-corrected chi connectivity index (χ4v) is 3.45. The molecule has 5 nitrogen and oxygen atoms in total. The number of rotatable bonds is 9. The normalized spacial score (nSPS) is 11.1. The van der Waals surface area contributed by atoms with Crippen LogP contribution in [0.15, 0.2) is 85.6 Å². The summed E-state index contributed by atoms with van der Waals surface area (Å²) >= 11 is 0. The molecule has 4 aromatic rings. The number of nitrogens with one attached hydrogen (secondary N) is 3. The van der Waals surface area contributed by atoms with E-state index in [1.807, 2.05) is 35.4 Å². The zero-order valence-electron chi connectivity index (χ0n) is 17.8. The standard InChI is InChI=1S/C25H25F2N5/c1-4-18-5-8-21(9-6-18)32-15-20(12-30-32)19-7-10-23-22(11-19)24(13-29-23)31-17(3)16(2)28-14-25(26)27/h5-13,15,25,28-29,31H,2-4,14H2,1H3. The molecule has 0 amide bonds. The maximum absolute atomic E-state index is 12.4. The van der Waals surface area contributed by atoms with Gasteiger partial charge in [0.1, 0.15) is 0 Å². The van der Waals surface area contributed by atoms with Crippen LogP contribution in [-0.4, -0.2) is 27.7 Å². The molecule has 3 N–H and O–H groups in total. The molecule has 0 spiro atoms. The highest BCUT2D eigenvalue weighted by Gasteiger charge is 2.11. The first-order valence-electron chi connectivity index (χ1n) is 10.4. The highest BCUT2D eigenvalue weighted by molar-refractivity contribution is 5.96. The number of hydrogen-bond donors (Lipinski definition) is 3. The molecule has 0 aliphatic rings. The van der Waals surface area contributed by atoms with Crippen LogP contribution in [0, 0.1) is 0 Å². The van der Waals surface area contributed by atoms with Gasteiger partial charge in [0.25, 0.3) is 6.43 Å². The predicted octanol–water partition coefficient (Wildman–Crippen LogP) is 5.88. The number of aromatic nitrogens is 3. The first-order valence-corrected chi connectivity index (χ1v) is 10.4. The van der Waals surface area contributed by atoms with Gasteiger partial charge in [-0.05, 0) is 41.8 Å². The van der Waals surface area contributed by atoms with E-state index in [9.17, 15) is 8.78 Å². The molecule has 2 aromatic heterocycles. The van der Waals surface area contributed by atoms with Crippen molar-refractivity contribution in [2.24, 2.45) is 0 Å². The van der Waals surface area contributed by atoms with Gasteiger partial charge in [-0.2, -0.15) is 5.10 Å². The smallest absolute Gasteiger partial charge is 0.255 e. The van der Waals surface area contributed by atoms with Gasteiger partial charge in [-0.1, -0.05) is 38.3 Å². The van der Waals surface area contributed by atoms with E-state index in [0.717, 1.165) is 39.8 Å². The fraction of sp³-hybridized carbons (Fsp3) is 0.160. The Morgan fingerprint density at radius 3 is 2.59 bits per heavy atom. The first kappa shape index (κ1) is 21.4. The van der Waals surface area contributed by atoms with E-state index in [4.69, 9.17) is 0 Å². The minimum Gasteiger partial charge on any atom is -0.378 e. The maximum Gasteiger partial charge on any atom is 0.255 e. The van der Waals surface area contributed by atoms with E-state index < -0.39 is 13.0 Å². The molecule has 32 heavy (non-hydrogen) atoms. The van der Waals surface area contributed by atoms with Gasteiger partial charge in [-0.15, -0.1) is 0 Å². The quantitative estimate of drug-likeness (QED) is 0.289. The van der Waals surface area contributed by atoms with E-state index >= 15 is 0 Å². The second-order valence-corrected chi connectivity index (χ2v) is 7.51. The molecule has 0 aliphatic heterocycles. The Kier molecular flexibility index (Phi) is 6.07. The highest BCUT2D eigenvalue weighted by Crippen LogP contribution is 2.30. The SMILES string of the molecule is C=C(NCC(F)F)C(=C)Nc1c[nH]c2ccc(-c3cnn(-c4ccc(CC)cc4)c3)cc12. The van der Waals surface area contributed by atoms with E-state index in [1.165, 1.54) is 5.56 Å². The van der Waals surface area contributed by atoms with Gasteiger partial charge in [0, 0.05) is 28.9 Å². The van der Waals surface area contributed by atoms with Crippen LogP contribution in [0.4, 0.5) is 14.5 Å². The number of halogens is 2. The van der Waals surface area contributed by atoms with Crippen LogP contribution in [0.3, 0.4) is 0 Å². The van der Waals surface area contributed by atoms with Crippen molar-refractivity contribution in [3.8, 4) is 16.8 Å². The lowest BCUT2D eigenvalue weighted by molar-refractivity contribution is 0.150. The number of benzene rings is 2. The van der Waals surface area contributed by atoms with Crippen LogP contribution < -0.4 is 10.6 Å². The summed E-state index contributed by atoms with van der Waals surface area (Å²) in [5.41, 5.74) is 6.77. The topological polar surface area (TPSA) is 57.7 Å².